The lowest BCUT2D eigenvalue weighted by atomic mass is 9.77. The molecule has 0 radical (unpaired) electrons. The summed E-state index contributed by atoms with van der Waals surface area (Å²) < 4.78 is 0. The molecule has 6 heteroatoms. The summed E-state index contributed by atoms with van der Waals surface area (Å²) in [6.45, 7) is 0. The van der Waals surface area contributed by atoms with Crippen molar-refractivity contribution in [3.05, 3.63) is 100 Å². The Morgan fingerprint density at radius 2 is 1.49 bits per heavy atom. The van der Waals surface area contributed by atoms with Crippen LogP contribution in [0.5, 0.6) is 0 Å². The summed E-state index contributed by atoms with van der Waals surface area (Å²) in [7, 11) is 8.16. The number of amides is 1. The Bertz CT molecular complexity index is 1330. The highest BCUT2D eigenvalue weighted by Gasteiger charge is 2.43. The molecule has 1 aliphatic heterocycles. The van der Waals surface area contributed by atoms with Gasteiger partial charge in [-0.2, -0.15) is 5.10 Å². The van der Waals surface area contributed by atoms with Crippen LogP contribution < -0.4 is 9.80 Å². The summed E-state index contributed by atoms with van der Waals surface area (Å²) in [6, 6.07) is 24.0. The Morgan fingerprint density at radius 3 is 2.08 bits per heavy atom. The van der Waals surface area contributed by atoms with Crippen LogP contribution in [0, 0.1) is 5.92 Å². The second-order valence-corrected chi connectivity index (χ2v) is 10.7. The van der Waals surface area contributed by atoms with Crippen LogP contribution >= 0.6 is 11.6 Å². The van der Waals surface area contributed by atoms with Gasteiger partial charge in [-0.25, -0.2) is 5.01 Å². The molecule has 0 saturated heterocycles. The maximum Gasteiger partial charge on any atom is 0.274 e. The first kappa shape index (κ1) is 25.1. The lowest BCUT2D eigenvalue weighted by Crippen LogP contribution is -2.32. The molecule has 1 amide bonds. The number of fused-ring (bicyclic) bond motifs is 1. The zero-order chi connectivity index (χ0) is 26.1. The summed E-state index contributed by atoms with van der Waals surface area (Å²) in [4.78, 5) is 18.0. The molecule has 5 rings (SSSR count). The average Bonchev–Trinajstić information content (AvgIpc) is 3.30. The summed E-state index contributed by atoms with van der Waals surface area (Å²) in [5, 5.41) is 7.35. The van der Waals surface area contributed by atoms with E-state index in [2.05, 4.69) is 64.4 Å². The first-order valence-corrected chi connectivity index (χ1v) is 13.1. The lowest BCUT2D eigenvalue weighted by Gasteiger charge is -2.30. The fraction of sp³-hybridized carbons (Fsp3) is 0.290. The minimum atomic E-state index is -0.144. The highest BCUT2D eigenvalue weighted by Crippen LogP contribution is 2.45. The molecule has 5 nitrogen and oxygen atoms in total. The maximum atomic E-state index is 13.8. The van der Waals surface area contributed by atoms with E-state index in [0.717, 1.165) is 41.8 Å². The van der Waals surface area contributed by atoms with Crippen molar-refractivity contribution in [1.82, 2.24) is 5.01 Å². The molecule has 0 unspecified atom stereocenters. The number of allylic oxidation sites excluding steroid dienone is 1. The molecule has 0 aromatic heterocycles. The molecule has 190 valence electrons. The monoisotopic (exact) mass is 512 g/mol. The van der Waals surface area contributed by atoms with E-state index in [1.165, 1.54) is 11.3 Å². The standard InChI is InChI=1S/C31H33ClN4O/c1-34(2)26-16-8-21(9-17-26)20-24-6-5-7-28-29(24)33-36(31(37)23-10-14-25(32)15-11-23)30(28)22-12-18-27(19-13-22)35(3)4/h8-20,28,30H,5-7H2,1-4H3/b24-20+/t28-,30-/m1/s1. The van der Waals surface area contributed by atoms with Gasteiger partial charge in [0, 0.05) is 56.1 Å². The molecule has 0 spiro atoms. The van der Waals surface area contributed by atoms with Gasteiger partial charge in [0.25, 0.3) is 5.91 Å². The Hall–Kier alpha value is -3.57. The first-order valence-electron chi connectivity index (χ1n) is 12.7. The van der Waals surface area contributed by atoms with Gasteiger partial charge >= 0.3 is 0 Å². The van der Waals surface area contributed by atoms with Crippen molar-refractivity contribution < 1.29 is 4.79 Å². The minimum Gasteiger partial charge on any atom is -0.378 e. The van der Waals surface area contributed by atoms with Gasteiger partial charge in [-0.1, -0.05) is 35.9 Å². The summed E-state index contributed by atoms with van der Waals surface area (Å²) in [5.41, 5.74) is 7.40. The molecule has 3 aromatic carbocycles. The molecule has 3 aromatic rings. The van der Waals surface area contributed by atoms with E-state index in [1.54, 1.807) is 29.3 Å². The Morgan fingerprint density at radius 1 is 0.892 bits per heavy atom. The van der Waals surface area contributed by atoms with Crippen molar-refractivity contribution in [3.8, 4) is 0 Å². The van der Waals surface area contributed by atoms with E-state index in [0.29, 0.717) is 10.6 Å². The maximum absolute atomic E-state index is 13.8. The van der Waals surface area contributed by atoms with Crippen LogP contribution in [0.2, 0.25) is 5.02 Å². The van der Waals surface area contributed by atoms with E-state index in [1.807, 2.05) is 28.2 Å². The number of rotatable bonds is 5. The highest BCUT2D eigenvalue weighted by atomic mass is 35.5. The Labute approximate surface area is 224 Å². The van der Waals surface area contributed by atoms with E-state index in [-0.39, 0.29) is 17.9 Å². The van der Waals surface area contributed by atoms with Crippen LogP contribution in [0.15, 0.2) is 83.5 Å². The number of halogens is 1. The second-order valence-electron chi connectivity index (χ2n) is 10.2. The molecule has 1 saturated carbocycles. The van der Waals surface area contributed by atoms with Crippen LogP contribution in [-0.2, 0) is 0 Å². The summed E-state index contributed by atoms with van der Waals surface area (Å²) in [6.07, 6.45) is 5.27. The van der Waals surface area contributed by atoms with Gasteiger partial charge in [-0.05, 0) is 90.6 Å². The van der Waals surface area contributed by atoms with Crippen LogP contribution in [0.1, 0.15) is 46.8 Å². The topological polar surface area (TPSA) is 39.1 Å². The fourth-order valence-electron chi connectivity index (χ4n) is 5.27. The molecule has 1 fully saturated rings. The normalized spacial score (nSPS) is 20.0. The third kappa shape index (κ3) is 5.14. The molecular formula is C31H33ClN4O. The number of benzene rings is 3. The predicted octanol–water partition coefficient (Wildman–Crippen LogP) is 6.91. The number of anilines is 2. The van der Waals surface area contributed by atoms with Crippen LogP contribution in [0.4, 0.5) is 11.4 Å². The highest BCUT2D eigenvalue weighted by molar-refractivity contribution is 6.30. The van der Waals surface area contributed by atoms with Crippen molar-refractivity contribution in [3.63, 3.8) is 0 Å². The van der Waals surface area contributed by atoms with Crippen LogP contribution in [0.25, 0.3) is 6.08 Å². The number of carbonyl (C=O) groups is 1. The second kappa shape index (κ2) is 10.4. The molecule has 0 bridgehead atoms. The van der Waals surface area contributed by atoms with E-state index in [4.69, 9.17) is 16.7 Å². The van der Waals surface area contributed by atoms with Crippen molar-refractivity contribution in [2.24, 2.45) is 11.0 Å². The summed E-state index contributed by atoms with van der Waals surface area (Å²) in [5.74, 6) is 0.0532. The van der Waals surface area contributed by atoms with E-state index >= 15 is 0 Å². The van der Waals surface area contributed by atoms with Crippen LogP contribution in [0.3, 0.4) is 0 Å². The smallest absolute Gasteiger partial charge is 0.274 e. The molecule has 2 atom stereocenters. The van der Waals surface area contributed by atoms with Gasteiger partial charge < -0.3 is 9.80 Å². The predicted molar refractivity (Wildman–Crippen MR) is 155 cm³/mol. The van der Waals surface area contributed by atoms with Crippen molar-refractivity contribution in [1.29, 1.82) is 0 Å². The van der Waals surface area contributed by atoms with Crippen molar-refractivity contribution in [2.75, 3.05) is 38.0 Å². The van der Waals surface area contributed by atoms with Crippen molar-refractivity contribution >= 4 is 40.7 Å². The van der Waals surface area contributed by atoms with Crippen molar-refractivity contribution in [2.45, 2.75) is 25.3 Å². The molecule has 1 aliphatic carbocycles. The number of hydrazone groups is 1. The SMILES string of the molecule is CN(C)c1ccc(/C=C2\CCC[C@@H]3C2=NN(C(=O)c2ccc(Cl)cc2)[C@@H]3c2ccc(N(C)C)cc2)cc1. The number of carbonyl (C=O) groups excluding carboxylic acids is 1. The zero-order valence-corrected chi connectivity index (χ0v) is 22.6. The minimum absolute atomic E-state index is 0.102. The molecule has 37 heavy (non-hydrogen) atoms. The number of nitrogens with zero attached hydrogens (tertiary/aromatic N) is 4. The quantitative estimate of drug-likeness (QED) is 0.373. The zero-order valence-electron chi connectivity index (χ0n) is 21.9. The van der Waals surface area contributed by atoms with Gasteiger partial charge in [-0.3, -0.25) is 4.79 Å². The molecule has 0 N–H and O–H groups in total. The van der Waals surface area contributed by atoms with E-state index < -0.39 is 0 Å². The summed E-state index contributed by atoms with van der Waals surface area (Å²) >= 11 is 6.10. The van der Waals surface area contributed by atoms with Crippen LogP contribution in [-0.4, -0.2) is 44.8 Å². The Kier molecular flexibility index (Phi) is 7.07. The van der Waals surface area contributed by atoms with Gasteiger partial charge in [0.1, 0.15) is 0 Å². The largest absolute Gasteiger partial charge is 0.378 e. The molecule has 1 heterocycles. The molecule has 2 aliphatic rings. The van der Waals surface area contributed by atoms with Gasteiger partial charge in [-0.15, -0.1) is 0 Å². The van der Waals surface area contributed by atoms with Gasteiger partial charge in [0.05, 0.1) is 11.8 Å². The number of hydrogen-bond donors (Lipinski definition) is 0. The molecular weight excluding hydrogens is 480 g/mol. The van der Waals surface area contributed by atoms with Gasteiger partial charge in [0.15, 0.2) is 0 Å². The van der Waals surface area contributed by atoms with E-state index in [9.17, 15) is 4.79 Å². The lowest BCUT2D eigenvalue weighted by molar-refractivity contribution is 0.0681. The third-order valence-corrected chi connectivity index (χ3v) is 7.55. The fourth-order valence-corrected chi connectivity index (χ4v) is 5.39. The first-order chi connectivity index (χ1) is 17.8. The number of hydrogen-bond acceptors (Lipinski definition) is 4. The third-order valence-electron chi connectivity index (χ3n) is 7.30. The average molecular weight is 513 g/mol. The van der Waals surface area contributed by atoms with Gasteiger partial charge in [0.2, 0.25) is 0 Å². The Balaban J connectivity index is 1.54.